The predicted molar refractivity (Wildman–Crippen MR) is 220 cm³/mol. The summed E-state index contributed by atoms with van der Waals surface area (Å²) in [5, 5.41) is 6.26. The van der Waals surface area contributed by atoms with Crippen molar-refractivity contribution < 1.29 is 4.42 Å². The zero-order valence-corrected chi connectivity index (χ0v) is 30.6. The molecular formula is C46H37BN2OS. The third-order valence-electron chi connectivity index (χ3n) is 11.5. The number of furan rings is 1. The van der Waals surface area contributed by atoms with E-state index in [0.717, 1.165) is 11.2 Å². The quantitative estimate of drug-likeness (QED) is 0.161. The van der Waals surface area contributed by atoms with Crippen molar-refractivity contribution in [3.05, 3.63) is 126 Å². The van der Waals surface area contributed by atoms with E-state index >= 15 is 0 Å². The minimum Gasteiger partial charge on any atom is -0.456 e. The Balaban J connectivity index is 1.28. The predicted octanol–water partition coefficient (Wildman–Crippen LogP) is 11.1. The molecule has 11 rings (SSSR count). The first-order valence-electron chi connectivity index (χ1n) is 18.1. The average molecular weight is 677 g/mol. The Kier molecular flexibility index (Phi) is 5.63. The molecule has 0 atom stereocenters. The Morgan fingerprint density at radius 3 is 2.14 bits per heavy atom. The lowest BCUT2D eigenvalue weighted by Crippen LogP contribution is -2.59. The molecule has 0 N–H and O–H groups in total. The number of nitrogens with zero attached hydrogens (tertiary/aromatic N) is 2. The molecule has 3 nitrogen and oxygen atoms in total. The van der Waals surface area contributed by atoms with Gasteiger partial charge in [-0.15, -0.1) is 11.3 Å². The Bertz CT molecular complexity index is 2950. The molecule has 0 radical (unpaired) electrons. The van der Waals surface area contributed by atoms with Crippen molar-refractivity contribution in [3.63, 3.8) is 0 Å². The normalized spacial score (nSPS) is 14.0. The molecule has 3 aromatic heterocycles. The van der Waals surface area contributed by atoms with E-state index in [1.165, 1.54) is 92.2 Å². The van der Waals surface area contributed by atoms with Crippen molar-refractivity contribution in [2.24, 2.45) is 0 Å². The van der Waals surface area contributed by atoms with E-state index in [1.807, 2.05) is 11.3 Å². The van der Waals surface area contributed by atoms with E-state index in [4.69, 9.17) is 4.42 Å². The largest absolute Gasteiger partial charge is 0.456 e. The van der Waals surface area contributed by atoms with Crippen molar-refractivity contribution in [1.29, 1.82) is 0 Å². The molecule has 9 aromatic rings. The number of benzene rings is 6. The highest BCUT2D eigenvalue weighted by atomic mass is 32.1. The maximum Gasteiger partial charge on any atom is 0.264 e. The maximum absolute atomic E-state index is 6.43. The highest BCUT2D eigenvalue weighted by Gasteiger charge is 2.44. The fourth-order valence-corrected chi connectivity index (χ4v) is 10.3. The highest BCUT2D eigenvalue weighted by molar-refractivity contribution is 7.33. The molecule has 5 heterocycles. The smallest absolute Gasteiger partial charge is 0.264 e. The van der Waals surface area contributed by atoms with Crippen molar-refractivity contribution in [1.82, 2.24) is 4.57 Å². The number of para-hydroxylation sites is 2. The molecule has 2 aliphatic rings. The Morgan fingerprint density at radius 2 is 1.33 bits per heavy atom. The van der Waals surface area contributed by atoms with Crippen LogP contribution in [0.15, 0.2) is 120 Å². The van der Waals surface area contributed by atoms with E-state index in [2.05, 4.69) is 166 Å². The zero-order valence-electron chi connectivity index (χ0n) is 29.8. The summed E-state index contributed by atoms with van der Waals surface area (Å²) in [6, 6.07) is 43.3. The van der Waals surface area contributed by atoms with Crippen LogP contribution in [0.3, 0.4) is 0 Å². The third kappa shape index (κ3) is 3.85. The SMILES string of the molecule is CC(C)(C)c1ccc(N2c3cccc4c3B(c3sc5ccc(C(C)(C)C)cc5c32)c2cccc3c5c6c(ccc5n-4c23)oc2ccccc26)cc1. The van der Waals surface area contributed by atoms with Crippen LogP contribution in [-0.4, -0.2) is 11.3 Å². The highest BCUT2D eigenvalue weighted by Crippen LogP contribution is 2.48. The van der Waals surface area contributed by atoms with Crippen LogP contribution in [0.5, 0.6) is 0 Å². The van der Waals surface area contributed by atoms with Crippen LogP contribution in [0.2, 0.25) is 0 Å². The van der Waals surface area contributed by atoms with Gasteiger partial charge in [-0.2, -0.15) is 0 Å². The molecule has 6 aromatic carbocycles. The van der Waals surface area contributed by atoms with Gasteiger partial charge < -0.3 is 13.9 Å². The average Bonchev–Trinajstić information content (AvgIpc) is 3.79. The monoisotopic (exact) mass is 676 g/mol. The first-order valence-corrected chi connectivity index (χ1v) is 18.9. The number of fused-ring (bicyclic) bond motifs is 13. The van der Waals surface area contributed by atoms with Gasteiger partial charge in [0, 0.05) is 59.0 Å². The van der Waals surface area contributed by atoms with Gasteiger partial charge in [-0.25, -0.2) is 0 Å². The summed E-state index contributed by atoms with van der Waals surface area (Å²) in [6.45, 7) is 13.9. The van der Waals surface area contributed by atoms with Crippen molar-refractivity contribution in [2.45, 2.75) is 52.4 Å². The first kappa shape index (κ1) is 29.5. The van der Waals surface area contributed by atoms with Gasteiger partial charge in [-0.3, -0.25) is 0 Å². The third-order valence-corrected chi connectivity index (χ3v) is 12.7. The number of rotatable bonds is 1. The second-order valence-electron chi connectivity index (χ2n) is 16.6. The van der Waals surface area contributed by atoms with Crippen molar-refractivity contribution >= 4 is 105 Å². The van der Waals surface area contributed by atoms with Crippen molar-refractivity contribution in [3.8, 4) is 5.69 Å². The van der Waals surface area contributed by atoms with E-state index in [0.29, 0.717) is 0 Å². The molecule has 0 unspecified atom stereocenters. The fourth-order valence-electron chi connectivity index (χ4n) is 9.03. The van der Waals surface area contributed by atoms with Crippen LogP contribution in [-0.2, 0) is 10.8 Å². The van der Waals surface area contributed by atoms with Gasteiger partial charge in [0.05, 0.1) is 11.2 Å². The summed E-state index contributed by atoms with van der Waals surface area (Å²) in [4.78, 5) is 2.57. The summed E-state index contributed by atoms with van der Waals surface area (Å²) in [5.74, 6) is 0. The lowest BCUT2D eigenvalue weighted by Gasteiger charge is -2.39. The summed E-state index contributed by atoms with van der Waals surface area (Å²) >= 11 is 1.97. The second kappa shape index (κ2) is 9.74. The van der Waals surface area contributed by atoms with Crippen molar-refractivity contribution in [2.75, 3.05) is 4.90 Å². The van der Waals surface area contributed by atoms with Crippen LogP contribution in [0.25, 0.3) is 59.5 Å². The molecule has 0 fully saturated rings. The Morgan fingerprint density at radius 1 is 0.608 bits per heavy atom. The van der Waals surface area contributed by atoms with Gasteiger partial charge in [-0.1, -0.05) is 102 Å². The van der Waals surface area contributed by atoms with Crippen LogP contribution in [0.1, 0.15) is 52.7 Å². The lowest BCUT2D eigenvalue weighted by molar-refractivity contribution is 0.590. The molecule has 0 aliphatic carbocycles. The number of anilines is 3. The van der Waals surface area contributed by atoms with Gasteiger partial charge in [0.2, 0.25) is 0 Å². The molecule has 0 spiro atoms. The Labute approximate surface area is 301 Å². The number of hydrogen-bond donors (Lipinski definition) is 0. The molecule has 5 heteroatoms. The van der Waals surface area contributed by atoms with Crippen LogP contribution < -0.4 is 20.6 Å². The Hall–Kier alpha value is -5.26. The summed E-state index contributed by atoms with van der Waals surface area (Å²) in [6.07, 6.45) is 0. The standard InChI is InChI=1S/C46H37BN2OS/c1-45(2,3)26-17-20-28(21-18-26)48-34-14-10-15-35-41(34)47(44-43(48)31-25-27(46(4,5)6)19-24-38(31)51-44)32-13-9-12-30-39-33(49(35)42(30)32)22-23-37-40(39)29-11-7-8-16-36(29)50-37/h7-25H,1-6H3. The first-order chi connectivity index (χ1) is 24.6. The van der Waals surface area contributed by atoms with Gasteiger partial charge in [0.15, 0.2) is 0 Å². The number of thiophene rings is 1. The van der Waals surface area contributed by atoms with Crippen LogP contribution in [0, 0.1) is 0 Å². The lowest BCUT2D eigenvalue weighted by atomic mass is 9.36. The molecule has 0 amide bonds. The van der Waals surface area contributed by atoms with Crippen LogP contribution in [0.4, 0.5) is 17.1 Å². The van der Waals surface area contributed by atoms with Gasteiger partial charge in [0.25, 0.3) is 6.71 Å². The van der Waals surface area contributed by atoms with Crippen LogP contribution >= 0.6 is 11.3 Å². The molecule has 2 aliphatic heterocycles. The molecule has 0 bridgehead atoms. The van der Waals surface area contributed by atoms with E-state index in [1.54, 1.807) is 0 Å². The second-order valence-corrected chi connectivity index (χ2v) is 17.6. The minimum absolute atomic E-state index is 0.0436. The topological polar surface area (TPSA) is 21.3 Å². The van der Waals surface area contributed by atoms with Gasteiger partial charge >= 0.3 is 0 Å². The molecule has 51 heavy (non-hydrogen) atoms. The number of aromatic nitrogens is 1. The van der Waals surface area contributed by atoms with E-state index < -0.39 is 0 Å². The summed E-state index contributed by atoms with van der Waals surface area (Å²) < 4.78 is 11.7. The molecule has 0 saturated carbocycles. The molecule has 0 saturated heterocycles. The summed E-state index contributed by atoms with van der Waals surface area (Å²) in [7, 11) is 0. The van der Waals surface area contributed by atoms with E-state index in [9.17, 15) is 0 Å². The minimum atomic E-state index is 0.0436. The number of hydrogen-bond acceptors (Lipinski definition) is 3. The molecule has 246 valence electrons. The van der Waals surface area contributed by atoms with E-state index in [-0.39, 0.29) is 17.5 Å². The van der Waals surface area contributed by atoms with Gasteiger partial charge in [0.1, 0.15) is 11.2 Å². The van der Waals surface area contributed by atoms with Gasteiger partial charge in [-0.05, 0) is 87.5 Å². The maximum atomic E-state index is 6.43. The molecular weight excluding hydrogens is 639 g/mol. The zero-order chi connectivity index (χ0) is 34.6. The fraction of sp³-hybridized carbons (Fsp3) is 0.174. The summed E-state index contributed by atoms with van der Waals surface area (Å²) in [5.41, 5.74) is 15.0.